The number of carbonyl (C=O) groups excluding carboxylic acids is 2. The molecule has 0 aliphatic carbocycles. The van der Waals surface area contributed by atoms with Gasteiger partial charge in [0.25, 0.3) is 11.8 Å². The van der Waals surface area contributed by atoms with Gasteiger partial charge >= 0.3 is 0 Å². The highest BCUT2D eigenvalue weighted by molar-refractivity contribution is 6.05. The van der Waals surface area contributed by atoms with Gasteiger partial charge in [0.15, 0.2) is 11.5 Å². The Balaban J connectivity index is 1.71. The average molecular weight is 425 g/mol. The first-order chi connectivity index (χ1) is 14.9. The molecule has 0 aliphatic rings. The molecule has 3 aromatic rings. The number of benzene rings is 2. The molecule has 2 N–H and O–H groups in total. The zero-order chi connectivity index (χ0) is 22.4. The van der Waals surface area contributed by atoms with Crippen LogP contribution in [0.25, 0.3) is 0 Å². The van der Waals surface area contributed by atoms with E-state index in [-0.39, 0.29) is 16.9 Å². The summed E-state index contributed by atoms with van der Waals surface area (Å²) in [6, 6.07) is 11.5. The predicted octanol–water partition coefficient (Wildman–Crippen LogP) is 3.75. The van der Waals surface area contributed by atoms with Crippen LogP contribution in [0.1, 0.15) is 20.7 Å². The summed E-state index contributed by atoms with van der Waals surface area (Å²) in [5.74, 6) is -0.105. The number of hydrogen-bond donors (Lipinski definition) is 2. The topological polar surface area (TPSA) is 98.8 Å². The van der Waals surface area contributed by atoms with E-state index in [0.29, 0.717) is 22.9 Å². The molecule has 2 amide bonds. The number of halogens is 1. The Morgan fingerprint density at radius 3 is 2.06 bits per heavy atom. The number of ether oxygens (including phenoxy) is 3. The fourth-order valence-corrected chi connectivity index (χ4v) is 2.78. The van der Waals surface area contributed by atoms with E-state index < -0.39 is 17.6 Å². The number of amides is 2. The van der Waals surface area contributed by atoms with E-state index in [1.54, 1.807) is 6.07 Å². The minimum absolute atomic E-state index is 0.168. The van der Waals surface area contributed by atoms with Gasteiger partial charge in [-0.3, -0.25) is 9.59 Å². The Bertz CT molecular complexity index is 1080. The van der Waals surface area contributed by atoms with E-state index in [1.165, 1.54) is 63.9 Å². The lowest BCUT2D eigenvalue weighted by atomic mass is 10.1. The molecule has 3 rings (SSSR count). The second-order valence-corrected chi connectivity index (χ2v) is 6.26. The Hall–Kier alpha value is -4.14. The molecule has 0 bridgehead atoms. The van der Waals surface area contributed by atoms with Gasteiger partial charge in [-0.25, -0.2) is 9.37 Å². The van der Waals surface area contributed by atoms with E-state index in [2.05, 4.69) is 15.6 Å². The van der Waals surface area contributed by atoms with Crippen molar-refractivity contribution in [1.82, 2.24) is 4.98 Å². The first-order valence-corrected chi connectivity index (χ1v) is 9.09. The van der Waals surface area contributed by atoms with Crippen molar-refractivity contribution in [3.8, 4) is 17.2 Å². The highest BCUT2D eigenvalue weighted by atomic mass is 19.1. The third kappa shape index (κ3) is 5.08. The van der Waals surface area contributed by atoms with Crippen LogP contribution in [0.2, 0.25) is 0 Å². The van der Waals surface area contributed by atoms with Crippen molar-refractivity contribution in [1.29, 1.82) is 0 Å². The highest BCUT2D eigenvalue weighted by Crippen LogP contribution is 2.38. The first kappa shape index (κ1) is 21.6. The number of methoxy groups -OCH3 is 3. The second-order valence-electron chi connectivity index (χ2n) is 6.26. The monoisotopic (exact) mass is 425 g/mol. The molecule has 0 unspecified atom stereocenters. The van der Waals surface area contributed by atoms with Gasteiger partial charge in [0, 0.05) is 11.1 Å². The maximum absolute atomic E-state index is 13.3. The number of aromatic nitrogens is 1. The van der Waals surface area contributed by atoms with Gasteiger partial charge in [0.1, 0.15) is 11.6 Å². The van der Waals surface area contributed by atoms with Crippen LogP contribution in [0.5, 0.6) is 17.2 Å². The number of rotatable bonds is 7. The van der Waals surface area contributed by atoms with Gasteiger partial charge in [-0.15, -0.1) is 0 Å². The quantitative estimate of drug-likeness (QED) is 0.598. The van der Waals surface area contributed by atoms with E-state index in [9.17, 15) is 14.0 Å². The van der Waals surface area contributed by atoms with Crippen LogP contribution >= 0.6 is 0 Å². The lowest BCUT2D eigenvalue weighted by Crippen LogP contribution is -2.14. The maximum atomic E-state index is 13.3. The van der Waals surface area contributed by atoms with Crippen LogP contribution < -0.4 is 24.8 Å². The molecule has 31 heavy (non-hydrogen) atoms. The van der Waals surface area contributed by atoms with Crippen molar-refractivity contribution in [2.75, 3.05) is 32.0 Å². The van der Waals surface area contributed by atoms with E-state index >= 15 is 0 Å². The summed E-state index contributed by atoms with van der Waals surface area (Å²) in [6.07, 6.45) is 1.39. The summed E-state index contributed by atoms with van der Waals surface area (Å²) < 4.78 is 29.0. The summed E-state index contributed by atoms with van der Waals surface area (Å²) in [5, 5.41) is 5.27. The van der Waals surface area contributed by atoms with E-state index in [0.717, 1.165) is 6.07 Å². The number of pyridine rings is 1. The summed E-state index contributed by atoms with van der Waals surface area (Å²) in [5.41, 5.74) is 0.863. The summed E-state index contributed by atoms with van der Waals surface area (Å²) in [6.45, 7) is 0. The van der Waals surface area contributed by atoms with Crippen LogP contribution in [0, 0.1) is 5.82 Å². The van der Waals surface area contributed by atoms with E-state index in [1.807, 2.05) is 0 Å². The molecule has 2 aromatic carbocycles. The SMILES string of the molecule is COc1cc(C(=O)Nc2ccc(NC(=O)c3cccc(F)c3)nc2)cc(OC)c1OC. The molecule has 0 saturated carbocycles. The highest BCUT2D eigenvalue weighted by Gasteiger charge is 2.17. The molecule has 1 aromatic heterocycles. The molecule has 1 heterocycles. The summed E-state index contributed by atoms with van der Waals surface area (Å²) in [7, 11) is 4.39. The molecule has 0 atom stereocenters. The second kappa shape index (κ2) is 9.57. The van der Waals surface area contributed by atoms with Gasteiger partial charge < -0.3 is 24.8 Å². The number of anilines is 2. The lowest BCUT2D eigenvalue weighted by molar-refractivity contribution is 0.101. The molecule has 160 valence electrons. The third-order valence-electron chi connectivity index (χ3n) is 4.28. The fourth-order valence-electron chi connectivity index (χ4n) is 2.78. The van der Waals surface area contributed by atoms with Crippen LogP contribution in [0.15, 0.2) is 54.7 Å². The third-order valence-corrected chi connectivity index (χ3v) is 4.28. The first-order valence-electron chi connectivity index (χ1n) is 9.09. The van der Waals surface area contributed by atoms with Crippen molar-refractivity contribution >= 4 is 23.3 Å². The lowest BCUT2D eigenvalue weighted by Gasteiger charge is -2.14. The number of nitrogens with zero attached hydrogens (tertiary/aromatic N) is 1. The van der Waals surface area contributed by atoms with Crippen LogP contribution in [0.3, 0.4) is 0 Å². The van der Waals surface area contributed by atoms with Crippen molar-refractivity contribution < 1.29 is 28.2 Å². The van der Waals surface area contributed by atoms with Crippen LogP contribution in [-0.4, -0.2) is 38.1 Å². The molecule has 0 radical (unpaired) electrons. The molecule has 8 nitrogen and oxygen atoms in total. The van der Waals surface area contributed by atoms with Crippen molar-refractivity contribution in [2.45, 2.75) is 0 Å². The predicted molar refractivity (Wildman–Crippen MR) is 113 cm³/mol. The van der Waals surface area contributed by atoms with Crippen LogP contribution in [-0.2, 0) is 0 Å². The van der Waals surface area contributed by atoms with Gasteiger partial charge in [0.05, 0.1) is 33.2 Å². The number of nitrogens with one attached hydrogen (secondary N) is 2. The Morgan fingerprint density at radius 1 is 0.839 bits per heavy atom. The van der Waals surface area contributed by atoms with Crippen molar-refractivity contribution in [3.05, 3.63) is 71.7 Å². The molecular weight excluding hydrogens is 405 g/mol. The van der Waals surface area contributed by atoms with Crippen molar-refractivity contribution in [3.63, 3.8) is 0 Å². The van der Waals surface area contributed by atoms with E-state index in [4.69, 9.17) is 14.2 Å². The minimum Gasteiger partial charge on any atom is -0.493 e. The average Bonchev–Trinajstić information content (AvgIpc) is 2.79. The largest absolute Gasteiger partial charge is 0.493 e. The maximum Gasteiger partial charge on any atom is 0.256 e. The minimum atomic E-state index is -0.509. The Kier molecular flexibility index (Phi) is 6.66. The smallest absolute Gasteiger partial charge is 0.256 e. The van der Waals surface area contributed by atoms with Gasteiger partial charge in [-0.05, 0) is 42.5 Å². The van der Waals surface area contributed by atoms with Gasteiger partial charge in [-0.1, -0.05) is 6.07 Å². The Labute approximate surface area is 178 Å². The standard InChI is InChI=1S/C22H20FN3O5/c1-29-17-10-14(11-18(30-2)20(17)31-3)22(28)25-16-7-8-19(24-12-16)26-21(27)13-5-4-6-15(23)9-13/h4-12H,1-3H3,(H,25,28)(H,24,26,27). The molecule has 0 fully saturated rings. The Morgan fingerprint density at radius 2 is 1.52 bits per heavy atom. The molecule has 0 aliphatic heterocycles. The van der Waals surface area contributed by atoms with Crippen molar-refractivity contribution in [2.24, 2.45) is 0 Å². The number of hydrogen-bond acceptors (Lipinski definition) is 6. The zero-order valence-electron chi connectivity index (χ0n) is 17.1. The van der Waals surface area contributed by atoms with Gasteiger partial charge in [0.2, 0.25) is 5.75 Å². The van der Waals surface area contributed by atoms with Gasteiger partial charge in [-0.2, -0.15) is 0 Å². The fraction of sp³-hybridized carbons (Fsp3) is 0.136. The summed E-state index contributed by atoms with van der Waals surface area (Å²) in [4.78, 5) is 28.9. The zero-order valence-corrected chi connectivity index (χ0v) is 17.1. The summed E-state index contributed by atoms with van der Waals surface area (Å²) >= 11 is 0. The molecule has 0 spiro atoms. The normalized spacial score (nSPS) is 10.2. The molecule has 9 heteroatoms. The molecule has 0 saturated heterocycles. The van der Waals surface area contributed by atoms with Crippen LogP contribution in [0.4, 0.5) is 15.9 Å². The molecular formula is C22H20FN3O5. The number of carbonyl (C=O) groups is 2.